The maximum Gasteiger partial charge on any atom is 0.472 e. The number of unbranched alkanes of at least 4 members (excludes halogenated alkanes) is 24. The normalized spacial score (nSPS) is 14.4. The standard InChI is InChI=1S/C39H79N2O6P/c1-3-5-7-9-11-13-15-16-17-18-19-20-21-22-23-24-26-28-30-32-38(42)37(36-47-48(44,45)46-35-34-40)41-39(43)33-31-29-27-25-14-12-10-8-6-4-2/h8,10,37-38,42H,3-7,9,11-36,40H2,1-2H3,(H,41,43)(H,44,45)/b10-8-. The lowest BCUT2D eigenvalue weighted by molar-refractivity contribution is -0.123. The quantitative estimate of drug-likeness (QED) is 0.0286. The summed E-state index contributed by atoms with van der Waals surface area (Å²) >= 11 is 0. The average Bonchev–Trinajstić information content (AvgIpc) is 3.07. The molecule has 3 atom stereocenters. The number of hydrogen-bond acceptors (Lipinski definition) is 6. The van der Waals surface area contributed by atoms with E-state index in [1.54, 1.807) is 0 Å². The van der Waals surface area contributed by atoms with Gasteiger partial charge in [0.25, 0.3) is 0 Å². The van der Waals surface area contributed by atoms with Crippen LogP contribution in [0.2, 0.25) is 0 Å². The molecule has 5 N–H and O–H groups in total. The monoisotopic (exact) mass is 703 g/mol. The Morgan fingerprint density at radius 2 is 1.12 bits per heavy atom. The van der Waals surface area contributed by atoms with Gasteiger partial charge in [-0.15, -0.1) is 0 Å². The first-order valence-corrected chi connectivity index (χ1v) is 21.8. The van der Waals surface area contributed by atoms with Gasteiger partial charge in [0.05, 0.1) is 25.4 Å². The summed E-state index contributed by atoms with van der Waals surface area (Å²) in [5.41, 5.74) is 5.36. The number of phosphoric acid groups is 1. The smallest absolute Gasteiger partial charge is 0.391 e. The highest BCUT2D eigenvalue weighted by atomic mass is 31.2. The lowest BCUT2D eigenvalue weighted by Crippen LogP contribution is -2.46. The fraction of sp³-hybridized carbons (Fsp3) is 0.923. The van der Waals surface area contributed by atoms with Crippen molar-refractivity contribution in [1.82, 2.24) is 5.32 Å². The summed E-state index contributed by atoms with van der Waals surface area (Å²) in [5, 5.41) is 13.7. The van der Waals surface area contributed by atoms with Gasteiger partial charge in [-0.25, -0.2) is 4.57 Å². The van der Waals surface area contributed by atoms with Crippen molar-refractivity contribution in [3.63, 3.8) is 0 Å². The first kappa shape index (κ1) is 47.2. The van der Waals surface area contributed by atoms with E-state index in [2.05, 4.69) is 31.3 Å². The van der Waals surface area contributed by atoms with Crippen molar-refractivity contribution >= 4 is 13.7 Å². The first-order chi connectivity index (χ1) is 23.4. The lowest BCUT2D eigenvalue weighted by atomic mass is 10.0. The largest absolute Gasteiger partial charge is 0.472 e. The molecule has 0 rings (SSSR count). The van der Waals surface area contributed by atoms with Crippen LogP contribution < -0.4 is 11.1 Å². The number of carbonyl (C=O) groups excluding carboxylic acids is 1. The van der Waals surface area contributed by atoms with Crippen LogP contribution in [0, 0.1) is 0 Å². The Balaban J connectivity index is 4.12. The summed E-state index contributed by atoms with van der Waals surface area (Å²) in [4.78, 5) is 22.6. The van der Waals surface area contributed by atoms with Crippen molar-refractivity contribution in [2.75, 3.05) is 19.8 Å². The molecular formula is C39H79N2O6P. The summed E-state index contributed by atoms with van der Waals surface area (Å²) in [6.07, 6.45) is 38.0. The molecule has 0 heterocycles. The van der Waals surface area contributed by atoms with Gasteiger partial charge in [0.1, 0.15) is 0 Å². The minimum atomic E-state index is -4.31. The van der Waals surface area contributed by atoms with Crippen LogP contribution in [0.25, 0.3) is 0 Å². The van der Waals surface area contributed by atoms with Crippen LogP contribution in [0.1, 0.15) is 200 Å². The Bertz CT molecular complexity index is 769. The summed E-state index contributed by atoms with van der Waals surface area (Å²) in [5.74, 6) is -0.172. The molecule has 0 aromatic carbocycles. The lowest BCUT2D eigenvalue weighted by Gasteiger charge is -2.25. The van der Waals surface area contributed by atoms with Gasteiger partial charge < -0.3 is 21.1 Å². The van der Waals surface area contributed by atoms with Crippen molar-refractivity contribution in [3.8, 4) is 0 Å². The number of carbonyl (C=O) groups is 1. The minimum absolute atomic E-state index is 0.0889. The Morgan fingerprint density at radius 1 is 0.667 bits per heavy atom. The highest BCUT2D eigenvalue weighted by Crippen LogP contribution is 2.43. The summed E-state index contributed by atoms with van der Waals surface area (Å²) in [6, 6.07) is -0.773. The number of nitrogens with two attached hydrogens (primary N) is 1. The molecule has 0 spiro atoms. The van der Waals surface area contributed by atoms with Gasteiger partial charge >= 0.3 is 7.82 Å². The van der Waals surface area contributed by atoms with Crippen LogP contribution in [-0.4, -0.2) is 47.8 Å². The molecule has 9 heteroatoms. The highest BCUT2D eigenvalue weighted by Gasteiger charge is 2.27. The van der Waals surface area contributed by atoms with E-state index in [-0.39, 0.29) is 25.7 Å². The van der Waals surface area contributed by atoms with E-state index in [1.165, 1.54) is 116 Å². The molecular weight excluding hydrogens is 623 g/mol. The molecule has 0 aromatic heterocycles. The number of rotatable bonds is 38. The van der Waals surface area contributed by atoms with E-state index in [4.69, 9.17) is 14.8 Å². The second kappa shape index (κ2) is 36.0. The number of hydrogen-bond donors (Lipinski definition) is 4. The van der Waals surface area contributed by atoms with Gasteiger partial charge in [-0.1, -0.05) is 174 Å². The minimum Gasteiger partial charge on any atom is -0.391 e. The topological polar surface area (TPSA) is 131 Å². The second-order valence-electron chi connectivity index (χ2n) is 13.8. The average molecular weight is 703 g/mol. The van der Waals surface area contributed by atoms with Gasteiger partial charge in [-0.3, -0.25) is 13.8 Å². The van der Waals surface area contributed by atoms with E-state index < -0.39 is 20.0 Å². The van der Waals surface area contributed by atoms with Crippen molar-refractivity contribution in [3.05, 3.63) is 12.2 Å². The zero-order valence-electron chi connectivity index (χ0n) is 31.5. The van der Waals surface area contributed by atoms with Crippen LogP contribution in [0.5, 0.6) is 0 Å². The zero-order chi connectivity index (χ0) is 35.4. The van der Waals surface area contributed by atoms with E-state index in [0.717, 1.165) is 57.8 Å². The van der Waals surface area contributed by atoms with Crippen molar-refractivity contribution in [2.45, 2.75) is 212 Å². The van der Waals surface area contributed by atoms with E-state index in [0.29, 0.717) is 12.8 Å². The third-order valence-electron chi connectivity index (χ3n) is 9.10. The number of phosphoric ester groups is 1. The third-order valence-corrected chi connectivity index (χ3v) is 10.1. The molecule has 0 fully saturated rings. The molecule has 3 unspecified atom stereocenters. The third kappa shape index (κ3) is 33.7. The summed E-state index contributed by atoms with van der Waals surface area (Å²) < 4.78 is 22.1. The van der Waals surface area contributed by atoms with Gasteiger partial charge in [-0.2, -0.15) is 0 Å². The van der Waals surface area contributed by atoms with Crippen molar-refractivity contribution < 1.29 is 28.4 Å². The highest BCUT2D eigenvalue weighted by molar-refractivity contribution is 7.47. The van der Waals surface area contributed by atoms with Crippen LogP contribution in [0.4, 0.5) is 0 Å². The van der Waals surface area contributed by atoms with E-state index in [1.807, 2.05) is 0 Å². The number of aliphatic hydroxyl groups is 1. The molecule has 48 heavy (non-hydrogen) atoms. The molecule has 0 saturated heterocycles. The predicted octanol–water partition coefficient (Wildman–Crippen LogP) is 10.8. The Morgan fingerprint density at radius 3 is 1.62 bits per heavy atom. The Labute approximate surface area is 296 Å². The fourth-order valence-corrected chi connectivity index (χ4v) is 6.78. The number of nitrogens with one attached hydrogen (secondary N) is 1. The van der Waals surface area contributed by atoms with Crippen molar-refractivity contribution in [2.24, 2.45) is 5.73 Å². The molecule has 0 saturated carbocycles. The zero-order valence-corrected chi connectivity index (χ0v) is 32.4. The van der Waals surface area contributed by atoms with Gasteiger partial charge in [0.2, 0.25) is 5.91 Å². The predicted molar refractivity (Wildman–Crippen MR) is 203 cm³/mol. The van der Waals surface area contributed by atoms with Gasteiger partial charge in [-0.05, 0) is 32.1 Å². The first-order valence-electron chi connectivity index (χ1n) is 20.3. The maximum atomic E-state index is 12.7. The van der Waals surface area contributed by atoms with Crippen LogP contribution in [0.15, 0.2) is 12.2 Å². The number of allylic oxidation sites excluding steroid dienone is 2. The van der Waals surface area contributed by atoms with Crippen molar-refractivity contribution in [1.29, 1.82) is 0 Å². The molecule has 0 aliphatic rings. The Kier molecular flexibility index (Phi) is 35.5. The second-order valence-corrected chi connectivity index (χ2v) is 15.3. The SMILES string of the molecule is CCC/C=C\CCCCCCCC(=O)NC(COP(=O)(O)OCCN)C(O)CCCCCCCCCCCCCCCCCCCCC. The molecule has 0 radical (unpaired) electrons. The van der Waals surface area contributed by atoms with E-state index in [9.17, 15) is 19.4 Å². The number of amides is 1. The summed E-state index contributed by atoms with van der Waals surface area (Å²) in [6.45, 7) is 4.14. The Hall–Kier alpha value is -0.760. The van der Waals surface area contributed by atoms with E-state index >= 15 is 0 Å². The van der Waals surface area contributed by atoms with Crippen LogP contribution in [-0.2, 0) is 18.4 Å². The molecule has 0 aromatic rings. The maximum absolute atomic E-state index is 12.7. The van der Waals surface area contributed by atoms with Crippen LogP contribution >= 0.6 is 7.82 Å². The molecule has 8 nitrogen and oxygen atoms in total. The molecule has 1 amide bonds. The van der Waals surface area contributed by atoms with Gasteiger partial charge in [0.15, 0.2) is 0 Å². The van der Waals surface area contributed by atoms with Crippen LogP contribution in [0.3, 0.4) is 0 Å². The summed E-state index contributed by atoms with van der Waals surface area (Å²) in [7, 11) is -4.31. The molecule has 0 aliphatic heterocycles. The molecule has 286 valence electrons. The number of aliphatic hydroxyl groups excluding tert-OH is 1. The molecule has 0 bridgehead atoms. The van der Waals surface area contributed by atoms with Gasteiger partial charge in [0, 0.05) is 13.0 Å². The fourth-order valence-electron chi connectivity index (χ4n) is 6.02. The molecule has 0 aliphatic carbocycles.